The van der Waals surface area contributed by atoms with E-state index in [4.69, 9.17) is 4.74 Å². The number of anilines is 3. The molecular weight excluding hydrogens is 573 g/mol. The number of nitriles is 1. The molecule has 1 heterocycles. The summed E-state index contributed by atoms with van der Waals surface area (Å²) in [6.45, 7) is 0.183. The van der Waals surface area contributed by atoms with Gasteiger partial charge >= 0.3 is 6.18 Å². The van der Waals surface area contributed by atoms with Crippen LogP contribution in [0.1, 0.15) is 6.92 Å². The van der Waals surface area contributed by atoms with Gasteiger partial charge in [0.25, 0.3) is 11.5 Å². The van der Waals surface area contributed by atoms with Crippen LogP contribution in [0.3, 0.4) is 0 Å². The van der Waals surface area contributed by atoms with Crippen LogP contribution in [0.2, 0.25) is 0 Å². The first kappa shape index (κ1) is 31.8. The number of nitrogens with zero attached hydrogens (tertiary/aromatic N) is 4. The Morgan fingerprint density at radius 2 is 1.83 bits per heavy atom. The molecule has 1 aromatic heterocycles. The van der Waals surface area contributed by atoms with Crippen LogP contribution in [-0.4, -0.2) is 56.9 Å². The minimum atomic E-state index is -4.65. The summed E-state index contributed by atoms with van der Waals surface area (Å²) in [5, 5.41) is 14.1. The summed E-state index contributed by atoms with van der Waals surface area (Å²) >= 11 is 0.799. The number of carbonyl (C=O) groups excluding carboxylic acids is 2. The van der Waals surface area contributed by atoms with Gasteiger partial charge in [-0.3, -0.25) is 19.0 Å². The summed E-state index contributed by atoms with van der Waals surface area (Å²) in [6, 6.07) is 15.8. The van der Waals surface area contributed by atoms with Gasteiger partial charge in [-0.1, -0.05) is 12.1 Å². The van der Waals surface area contributed by atoms with Gasteiger partial charge in [-0.05, 0) is 37.3 Å². The molecule has 0 bridgehead atoms. The standard InChI is InChI=1S/C28H29F3N6O4S/c1-5-37-26(40)23(42-27(37)22(14-32)25(39)34-17-28(29,30)31)15-33-18-8-6-10-20(12-18)36(3)24(38)16-35(2)19-9-7-11-21(13-19)41-4/h6-13,15,33H,5,16-17H2,1-4H3,(H,34,39). The van der Waals surface area contributed by atoms with Gasteiger partial charge in [-0.15, -0.1) is 11.3 Å². The number of amides is 2. The second-order valence-electron chi connectivity index (χ2n) is 8.95. The average molecular weight is 603 g/mol. The monoisotopic (exact) mass is 602 g/mol. The Morgan fingerprint density at radius 3 is 2.48 bits per heavy atom. The largest absolute Gasteiger partial charge is 0.497 e. The highest BCUT2D eigenvalue weighted by Gasteiger charge is 2.29. The van der Waals surface area contributed by atoms with Gasteiger partial charge in [0, 0.05) is 50.0 Å². The number of hydrogen-bond acceptors (Lipinski definition) is 8. The first-order chi connectivity index (χ1) is 19.9. The fourth-order valence-electron chi connectivity index (χ4n) is 3.80. The third kappa shape index (κ3) is 7.91. The number of hydrogen-bond donors (Lipinski definition) is 2. The second-order valence-corrected chi connectivity index (χ2v) is 9.99. The Morgan fingerprint density at radius 1 is 1.14 bits per heavy atom. The number of likely N-dealkylation sites (N-methyl/N-ethyl adjacent to an activating group) is 2. The van der Waals surface area contributed by atoms with Crippen LogP contribution >= 0.6 is 11.3 Å². The van der Waals surface area contributed by atoms with Crippen LogP contribution < -0.4 is 39.9 Å². The molecule has 2 amide bonds. The molecule has 0 radical (unpaired) electrons. The summed E-state index contributed by atoms with van der Waals surface area (Å²) in [6.07, 6.45) is -3.28. The van der Waals surface area contributed by atoms with Crippen molar-refractivity contribution in [3.63, 3.8) is 0 Å². The molecule has 0 spiro atoms. The van der Waals surface area contributed by atoms with Gasteiger partial charge in [0.1, 0.15) is 27.6 Å². The third-order valence-corrected chi connectivity index (χ3v) is 7.20. The van der Waals surface area contributed by atoms with Crippen molar-refractivity contribution in [1.29, 1.82) is 5.26 Å². The molecule has 0 aliphatic rings. The van der Waals surface area contributed by atoms with Crippen LogP contribution in [0, 0.1) is 11.3 Å². The topological polar surface area (TPSA) is 120 Å². The molecule has 0 aliphatic heterocycles. The number of rotatable bonds is 10. The van der Waals surface area contributed by atoms with Gasteiger partial charge in [0.2, 0.25) is 5.91 Å². The zero-order chi connectivity index (χ0) is 31.0. The van der Waals surface area contributed by atoms with E-state index in [2.05, 4.69) is 5.32 Å². The Kier molecular flexibility index (Phi) is 10.4. The number of nitrogens with one attached hydrogen (secondary N) is 2. The Labute approximate surface area is 243 Å². The van der Waals surface area contributed by atoms with Gasteiger partial charge < -0.3 is 25.2 Å². The SMILES string of the molecule is CCn1c(=C(C#N)C(=O)NCC(F)(F)F)sc(=CNc2cccc(N(C)C(=O)CN(C)c3cccc(OC)c3)c2)c1=O. The Bertz CT molecular complexity index is 1680. The number of alkyl halides is 3. The maximum atomic E-state index is 13.0. The number of methoxy groups -OCH3 is 1. The highest BCUT2D eigenvalue weighted by atomic mass is 32.1. The predicted molar refractivity (Wildman–Crippen MR) is 156 cm³/mol. The minimum absolute atomic E-state index is 0.0584. The smallest absolute Gasteiger partial charge is 0.405 e. The highest BCUT2D eigenvalue weighted by molar-refractivity contribution is 7.07. The van der Waals surface area contributed by atoms with Crippen molar-refractivity contribution < 1.29 is 27.5 Å². The fourth-order valence-corrected chi connectivity index (χ4v) is 4.89. The van der Waals surface area contributed by atoms with Crippen molar-refractivity contribution in [3.8, 4) is 11.8 Å². The van der Waals surface area contributed by atoms with E-state index in [1.54, 1.807) is 68.7 Å². The van der Waals surface area contributed by atoms with Crippen molar-refractivity contribution in [1.82, 2.24) is 9.88 Å². The Balaban J connectivity index is 1.83. The molecule has 0 unspecified atom stereocenters. The number of carbonyl (C=O) groups is 2. The van der Waals surface area contributed by atoms with Crippen molar-refractivity contribution >= 4 is 52.0 Å². The first-order valence-electron chi connectivity index (χ1n) is 12.6. The van der Waals surface area contributed by atoms with Crippen LogP contribution in [0.4, 0.5) is 30.2 Å². The van der Waals surface area contributed by atoms with Gasteiger partial charge in [-0.2, -0.15) is 18.4 Å². The van der Waals surface area contributed by atoms with E-state index >= 15 is 0 Å². The van der Waals surface area contributed by atoms with Crippen molar-refractivity contribution in [2.24, 2.45) is 0 Å². The molecule has 0 saturated heterocycles. The third-order valence-electron chi connectivity index (χ3n) is 6.07. The molecule has 0 saturated carbocycles. The van der Waals surface area contributed by atoms with Crippen molar-refractivity contribution in [3.05, 3.63) is 68.1 Å². The molecule has 0 atom stereocenters. The van der Waals surface area contributed by atoms with Crippen LogP contribution in [0.5, 0.6) is 5.75 Å². The predicted octanol–water partition coefficient (Wildman–Crippen LogP) is 2.24. The summed E-state index contributed by atoms with van der Waals surface area (Å²) in [7, 11) is 5.00. The number of thiazole rings is 1. The molecule has 14 heteroatoms. The number of ether oxygens (including phenoxy) is 1. The second kappa shape index (κ2) is 13.7. The molecule has 0 aliphatic carbocycles. The summed E-state index contributed by atoms with van der Waals surface area (Å²) in [5.41, 5.74) is 0.813. The van der Waals surface area contributed by atoms with Crippen molar-refractivity contribution in [2.45, 2.75) is 19.6 Å². The van der Waals surface area contributed by atoms with Crippen LogP contribution in [0.25, 0.3) is 11.8 Å². The van der Waals surface area contributed by atoms with E-state index in [-0.39, 0.29) is 28.2 Å². The van der Waals surface area contributed by atoms with Gasteiger partial charge in [0.05, 0.1) is 13.7 Å². The molecule has 10 nitrogen and oxygen atoms in total. The summed E-state index contributed by atoms with van der Waals surface area (Å²) < 4.78 is 44.1. The summed E-state index contributed by atoms with van der Waals surface area (Å²) in [5.74, 6) is -0.737. The lowest BCUT2D eigenvalue weighted by Crippen LogP contribution is -2.37. The van der Waals surface area contributed by atoms with E-state index in [0.29, 0.717) is 17.1 Å². The summed E-state index contributed by atoms with van der Waals surface area (Å²) in [4.78, 5) is 41.5. The van der Waals surface area contributed by atoms with E-state index < -0.39 is 29.8 Å². The Hall–Kier alpha value is -4.77. The zero-order valence-corrected chi connectivity index (χ0v) is 24.1. The number of halogens is 3. The maximum absolute atomic E-state index is 13.0. The first-order valence-corrected chi connectivity index (χ1v) is 13.4. The highest BCUT2D eigenvalue weighted by Crippen LogP contribution is 2.22. The van der Waals surface area contributed by atoms with Crippen molar-refractivity contribution in [2.75, 3.05) is 49.4 Å². The number of benzene rings is 2. The zero-order valence-electron chi connectivity index (χ0n) is 23.3. The van der Waals surface area contributed by atoms with Gasteiger partial charge in [0.15, 0.2) is 5.57 Å². The van der Waals surface area contributed by atoms with E-state index in [1.165, 1.54) is 11.1 Å². The lowest BCUT2D eigenvalue weighted by atomic mass is 10.2. The maximum Gasteiger partial charge on any atom is 0.405 e. The molecule has 42 heavy (non-hydrogen) atoms. The molecule has 3 aromatic rings. The quantitative estimate of drug-likeness (QED) is 0.365. The molecular formula is C28H29F3N6O4S. The molecule has 222 valence electrons. The van der Waals surface area contributed by atoms with Gasteiger partial charge in [-0.25, -0.2) is 0 Å². The lowest BCUT2D eigenvalue weighted by molar-refractivity contribution is -0.135. The molecule has 0 fully saturated rings. The molecule has 3 rings (SSSR count). The number of aromatic nitrogens is 1. The molecule has 2 aromatic carbocycles. The molecule has 2 N–H and O–H groups in total. The van der Waals surface area contributed by atoms with E-state index in [1.807, 2.05) is 24.3 Å². The average Bonchev–Trinajstić information content (AvgIpc) is 3.29. The normalized spacial score (nSPS) is 12.3. The van der Waals surface area contributed by atoms with E-state index in [0.717, 1.165) is 21.6 Å². The fraction of sp³-hybridized carbons (Fsp3) is 0.286. The lowest BCUT2D eigenvalue weighted by Gasteiger charge is -2.24. The van der Waals surface area contributed by atoms with Crippen LogP contribution in [-0.2, 0) is 16.1 Å². The van der Waals surface area contributed by atoms with Crippen LogP contribution in [0.15, 0.2) is 53.3 Å². The minimum Gasteiger partial charge on any atom is -0.497 e. The van der Waals surface area contributed by atoms with E-state index in [9.17, 15) is 32.8 Å².